The lowest BCUT2D eigenvalue weighted by atomic mass is 10.2. The van der Waals surface area contributed by atoms with E-state index in [1.54, 1.807) is 0 Å². The molecule has 0 saturated heterocycles. The number of rotatable bonds is 2. The van der Waals surface area contributed by atoms with Gasteiger partial charge in [-0.15, -0.1) is 0 Å². The predicted molar refractivity (Wildman–Crippen MR) is 55.2 cm³/mol. The minimum Gasteiger partial charge on any atom is -0.310 e. The molecule has 72 valence electrons. The van der Waals surface area contributed by atoms with Crippen molar-refractivity contribution in [1.29, 1.82) is 0 Å². The number of aromatic nitrogens is 1. The van der Waals surface area contributed by atoms with Crippen molar-refractivity contribution < 1.29 is 0 Å². The molecular weight excluding hydrogens is 162 g/mol. The van der Waals surface area contributed by atoms with E-state index in [4.69, 9.17) is 0 Å². The lowest BCUT2D eigenvalue weighted by Gasteiger charge is -2.14. The van der Waals surface area contributed by atoms with Gasteiger partial charge >= 0.3 is 0 Å². The third kappa shape index (κ3) is 1.82. The van der Waals surface area contributed by atoms with E-state index in [1.165, 1.54) is 0 Å². The average Bonchev–Trinajstić information content (AvgIpc) is 2.04. The fourth-order valence-electron chi connectivity index (χ4n) is 1.60. The maximum atomic E-state index is 11.8. The van der Waals surface area contributed by atoms with E-state index in [-0.39, 0.29) is 11.6 Å². The zero-order chi connectivity index (χ0) is 10.0. The van der Waals surface area contributed by atoms with Crippen LogP contribution in [-0.2, 0) is 6.42 Å². The Hall–Kier alpha value is -1.05. The van der Waals surface area contributed by atoms with Crippen molar-refractivity contribution in [1.82, 2.24) is 4.57 Å². The Kier molecular flexibility index (Phi) is 2.91. The molecule has 0 aliphatic heterocycles. The van der Waals surface area contributed by atoms with Crippen LogP contribution in [0.15, 0.2) is 16.9 Å². The van der Waals surface area contributed by atoms with Gasteiger partial charge in [0.1, 0.15) is 0 Å². The highest BCUT2D eigenvalue weighted by atomic mass is 16.1. The quantitative estimate of drug-likeness (QED) is 0.682. The minimum absolute atomic E-state index is 0.164. The normalized spacial score (nSPS) is 10.8. The summed E-state index contributed by atoms with van der Waals surface area (Å²) in [7, 11) is 0. The molecule has 1 rings (SSSR count). The highest BCUT2D eigenvalue weighted by molar-refractivity contribution is 5.15. The van der Waals surface area contributed by atoms with Crippen molar-refractivity contribution in [3.8, 4) is 0 Å². The molecule has 0 aliphatic rings. The first-order valence-corrected chi connectivity index (χ1v) is 4.79. The molecule has 0 saturated carbocycles. The molecule has 0 aliphatic carbocycles. The Bertz CT molecular complexity index is 350. The van der Waals surface area contributed by atoms with Crippen molar-refractivity contribution in [3.05, 3.63) is 33.7 Å². The van der Waals surface area contributed by atoms with Gasteiger partial charge in [-0.05, 0) is 33.3 Å². The average molecular weight is 179 g/mol. The number of hydrogen-bond donors (Lipinski definition) is 0. The molecule has 0 fully saturated rings. The third-order valence-corrected chi connectivity index (χ3v) is 2.30. The summed E-state index contributed by atoms with van der Waals surface area (Å²) < 4.78 is 1.85. The summed E-state index contributed by atoms with van der Waals surface area (Å²) in [4.78, 5) is 11.8. The maximum Gasteiger partial charge on any atom is 0.254 e. The second kappa shape index (κ2) is 3.77. The van der Waals surface area contributed by atoms with Gasteiger partial charge in [0.25, 0.3) is 5.56 Å². The van der Waals surface area contributed by atoms with Gasteiger partial charge in [-0.3, -0.25) is 4.79 Å². The van der Waals surface area contributed by atoms with Gasteiger partial charge in [0.2, 0.25) is 0 Å². The van der Waals surface area contributed by atoms with E-state index in [0.717, 1.165) is 17.7 Å². The number of hydrogen-bond acceptors (Lipinski definition) is 1. The van der Waals surface area contributed by atoms with Crippen LogP contribution in [0.1, 0.15) is 38.1 Å². The Labute approximate surface area is 79.2 Å². The monoisotopic (exact) mass is 179 g/mol. The zero-order valence-corrected chi connectivity index (χ0v) is 8.79. The Morgan fingerprint density at radius 1 is 1.38 bits per heavy atom. The molecule has 2 nitrogen and oxygen atoms in total. The van der Waals surface area contributed by atoms with Gasteiger partial charge in [-0.2, -0.15) is 0 Å². The maximum absolute atomic E-state index is 11.8. The van der Waals surface area contributed by atoms with E-state index in [1.807, 2.05) is 44.4 Å². The summed E-state index contributed by atoms with van der Waals surface area (Å²) in [6, 6.07) is 4.19. The summed E-state index contributed by atoms with van der Waals surface area (Å²) in [5.41, 5.74) is 2.11. The standard InChI is InChI=1S/C11H17NO/c1-5-10-7-6-9(4)12(8(2)3)11(10)13/h6-8H,5H2,1-4H3. The summed E-state index contributed by atoms with van der Waals surface area (Å²) in [6.07, 6.45) is 0.811. The fraction of sp³-hybridized carbons (Fsp3) is 0.545. The Morgan fingerprint density at radius 2 is 2.00 bits per heavy atom. The Balaban J connectivity index is 3.39. The molecule has 13 heavy (non-hydrogen) atoms. The van der Waals surface area contributed by atoms with Gasteiger partial charge in [0, 0.05) is 17.3 Å². The lowest BCUT2D eigenvalue weighted by Crippen LogP contribution is -2.26. The van der Waals surface area contributed by atoms with Crippen molar-refractivity contribution in [3.63, 3.8) is 0 Å². The third-order valence-electron chi connectivity index (χ3n) is 2.30. The molecular formula is C11H17NO. The van der Waals surface area contributed by atoms with Crippen LogP contribution in [-0.4, -0.2) is 4.57 Å². The van der Waals surface area contributed by atoms with Crippen LogP contribution >= 0.6 is 0 Å². The number of aryl methyl sites for hydroxylation is 2. The minimum atomic E-state index is 0.164. The largest absolute Gasteiger partial charge is 0.310 e. The first kappa shape index (κ1) is 10.0. The van der Waals surface area contributed by atoms with Gasteiger partial charge < -0.3 is 4.57 Å². The van der Waals surface area contributed by atoms with Crippen molar-refractivity contribution >= 4 is 0 Å². The van der Waals surface area contributed by atoms with Crippen molar-refractivity contribution in [2.75, 3.05) is 0 Å². The number of nitrogens with zero attached hydrogens (tertiary/aromatic N) is 1. The summed E-state index contributed by atoms with van der Waals surface area (Å²) >= 11 is 0. The fourth-order valence-corrected chi connectivity index (χ4v) is 1.60. The van der Waals surface area contributed by atoms with Crippen molar-refractivity contribution in [2.24, 2.45) is 0 Å². The molecule has 2 heteroatoms. The van der Waals surface area contributed by atoms with E-state index >= 15 is 0 Å². The van der Waals surface area contributed by atoms with Gasteiger partial charge in [0.15, 0.2) is 0 Å². The SMILES string of the molecule is CCc1ccc(C)n(C(C)C)c1=O. The van der Waals surface area contributed by atoms with E-state index in [9.17, 15) is 4.79 Å². The van der Waals surface area contributed by atoms with E-state index < -0.39 is 0 Å². The van der Waals surface area contributed by atoms with Crippen LogP contribution in [0.5, 0.6) is 0 Å². The summed E-state index contributed by atoms with van der Waals surface area (Å²) in [5.74, 6) is 0. The molecule has 0 N–H and O–H groups in total. The van der Waals surface area contributed by atoms with E-state index in [2.05, 4.69) is 0 Å². The molecule has 1 aromatic rings. The van der Waals surface area contributed by atoms with Gasteiger partial charge in [0.05, 0.1) is 0 Å². The molecule has 0 radical (unpaired) electrons. The molecule has 0 atom stereocenters. The molecule has 0 bridgehead atoms. The topological polar surface area (TPSA) is 22.0 Å². The molecule has 0 amide bonds. The highest BCUT2D eigenvalue weighted by Gasteiger charge is 2.06. The first-order valence-electron chi connectivity index (χ1n) is 4.79. The van der Waals surface area contributed by atoms with Crippen LogP contribution in [0, 0.1) is 6.92 Å². The van der Waals surface area contributed by atoms with Crippen LogP contribution in [0.4, 0.5) is 0 Å². The second-order valence-corrected chi connectivity index (χ2v) is 3.62. The molecule has 1 heterocycles. The number of pyridine rings is 1. The second-order valence-electron chi connectivity index (χ2n) is 3.62. The van der Waals surface area contributed by atoms with Crippen LogP contribution in [0.25, 0.3) is 0 Å². The summed E-state index contributed by atoms with van der Waals surface area (Å²) in [5, 5.41) is 0. The van der Waals surface area contributed by atoms with Crippen LogP contribution < -0.4 is 5.56 Å². The lowest BCUT2D eigenvalue weighted by molar-refractivity contribution is 0.558. The Morgan fingerprint density at radius 3 is 2.46 bits per heavy atom. The van der Waals surface area contributed by atoms with Gasteiger partial charge in [-0.25, -0.2) is 0 Å². The first-order chi connectivity index (χ1) is 6.07. The van der Waals surface area contributed by atoms with Crippen molar-refractivity contribution in [2.45, 2.75) is 40.2 Å². The molecule has 1 aromatic heterocycles. The highest BCUT2D eigenvalue weighted by Crippen LogP contribution is 2.06. The molecule has 0 unspecified atom stereocenters. The molecule has 0 spiro atoms. The zero-order valence-electron chi connectivity index (χ0n) is 8.79. The van der Waals surface area contributed by atoms with Crippen LogP contribution in [0.3, 0.4) is 0 Å². The van der Waals surface area contributed by atoms with E-state index in [0.29, 0.717) is 0 Å². The summed E-state index contributed by atoms with van der Waals surface area (Å²) in [6.45, 7) is 8.05. The predicted octanol–water partition coefficient (Wildman–Crippen LogP) is 2.30. The smallest absolute Gasteiger partial charge is 0.254 e. The van der Waals surface area contributed by atoms with Gasteiger partial charge in [-0.1, -0.05) is 13.0 Å². The molecule has 0 aromatic carbocycles. The van der Waals surface area contributed by atoms with Crippen LogP contribution in [0.2, 0.25) is 0 Å².